The summed E-state index contributed by atoms with van der Waals surface area (Å²) in [5, 5.41) is 6.32. The van der Waals surface area contributed by atoms with Gasteiger partial charge in [-0.2, -0.15) is 5.10 Å². The zero-order valence-electron chi connectivity index (χ0n) is 14.3. The fourth-order valence-corrected chi connectivity index (χ4v) is 5.12. The van der Waals surface area contributed by atoms with Crippen molar-refractivity contribution in [3.8, 4) is 10.6 Å². The fourth-order valence-electron chi connectivity index (χ4n) is 2.64. The van der Waals surface area contributed by atoms with Gasteiger partial charge in [0, 0.05) is 19.8 Å². The van der Waals surface area contributed by atoms with Crippen LogP contribution < -0.4 is 4.31 Å². The van der Waals surface area contributed by atoms with E-state index in [0.29, 0.717) is 17.9 Å². The van der Waals surface area contributed by atoms with Gasteiger partial charge in [-0.05, 0) is 30.0 Å². The predicted molar refractivity (Wildman–Crippen MR) is 102 cm³/mol. The van der Waals surface area contributed by atoms with Crippen molar-refractivity contribution < 1.29 is 8.42 Å². The first-order valence-corrected chi connectivity index (χ1v) is 10.5. The smallest absolute Gasteiger partial charge is 0.268 e. The van der Waals surface area contributed by atoms with Crippen LogP contribution in [0, 0.1) is 0 Å². The Morgan fingerprint density at radius 2 is 1.92 bits per heavy atom. The summed E-state index contributed by atoms with van der Waals surface area (Å²) < 4.78 is 29.9. The van der Waals surface area contributed by atoms with Gasteiger partial charge in [0.1, 0.15) is 10.6 Å². The van der Waals surface area contributed by atoms with E-state index in [4.69, 9.17) is 0 Å². The lowest BCUT2D eigenvalue weighted by atomic mass is 10.3. The van der Waals surface area contributed by atoms with Gasteiger partial charge in [-0.25, -0.2) is 8.42 Å². The zero-order valence-corrected chi connectivity index (χ0v) is 15.9. The molecule has 0 saturated carbocycles. The van der Waals surface area contributed by atoms with Crippen molar-refractivity contribution in [1.82, 2.24) is 9.78 Å². The number of thiophene rings is 1. The molecule has 0 bridgehead atoms. The highest BCUT2D eigenvalue weighted by Gasteiger charge is 2.30. The first kappa shape index (κ1) is 17.7. The number of hydrogen-bond acceptors (Lipinski definition) is 4. The van der Waals surface area contributed by atoms with Gasteiger partial charge < -0.3 is 0 Å². The maximum atomic E-state index is 13.4. The second-order valence-corrected chi connectivity index (χ2v) is 8.54. The van der Waals surface area contributed by atoms with Crippen LogP contribution in [0.3, 0.4) is 0 Å². The Morgan fingerprint density at radius 3 is 2.56 bits per heavy atom. The summed E-state index contributed by atoms with van der Waals surface area (Å²) in [5.74, 6) is 0. The van der Waals surface area contributed by atoms with Crippen molar-refractivity contribution in [3.05, 3.63) is 54.0 Å². The number of unbranched alkanes of at least 4 members (excludes halogenated alkanes) is 1. The van der Waals surface area contributed by atoms with Crippen molar-refractivity contribution >= 4 is 27.0 Å². The second-order valence-electron chi connectivity index (χ2n) is 5.76. The van der Waals surface area contributed by atoms with Gasteiger partial charge in [-0.1, -0.05) is 37.6 Å². The van der Waals surface area contributed by atoms with E-state index in [-0.39, 0.29) is 4.90 Å². The largest absolute Gasteiger partial charge is 0.274 e. The molecule has 0 saturated heterocycles. The Kier molecular flexibility index (Phi) is 5.24. The number of aromatic nitrogens is 2. The predicted octanol–water partition coefficient (Wildman–Crippen LogP) is 4.14. The maximum absolute atomic E-state index is 13.4. The molecule has 132 valence electrons. The maximum Gasteiger partial charge on any atom is 0.268 e. The highest BCUT2D eigenvalue weighted by molar-refractivity contribution is 7.93. The van der Waals surface area contributed by atoms with Crippen molar-refractivity contribution in [2.45, 2.75) is 24.7 Å². The number of hydrogen-bond donors (Lipinski definition) is 0. The van der Waals surface area contributed by atoms with Crippen LogP contribution in [-0.4, -0.2) is 24.7 Å². The average molecular weight is 376 g/mol. The Morgan fingerprint density at radius 1 is 1.16 bits per heavy atom. The molecule has 0 aliphatic carbocycles. The van der Waals surface area contributed by atoms with Crippen LogP contribution in [-0.2, 0) is 17.1 Å². The van der Waals surface area contributed by atoms with Gasteiger partial charge >= 0.3 is 0 Å². The quantitative estimate of drug-likeness (QED) is 0.623. The van der Waals surface area contributed by atoms with Crippen LogP contribution in [0.25, 0.3) is 10.6 Å². The zero-order chi connectivity index (χ0) is 17.9. The van der Waals surface area contributed by atoms with Gasteiger partial charge in [-0.15, -0.1) is 11.3 Å². The molecule has 3 aromatic rings. The summed E-state index contributed by atoms with van der Waals surface area (Å²) in [6.45, 7) is 2.50. The van der Waals surface area contributed by atoms with Crippen LogP contribution in [0.1, 0.15) is 19.8 Å². The molecule has 3 rings (SSSR count). The Bertz CT molecular complexity index is 917. The number of para-hydroxylation sites is 1. The number of aryl methyl sites for hydroxylation is 1. The van der Waals surface area contributed by atoms with Gasteiger partial charge in [0.15, 0.2) is 0 Å². The van der Waals surface area contributed by atoms with E-state index < -0.39 is 10.0 Å². The van der Waals surface area contributed by atoms with E-state index >= 15 is 0 Å². The van der Waals surface area contributed by atoms with Gasteiger partial charge in [0.2, 0.25) is 0 Å². The van der Waals surface area contributed by atoms with Crippen LogP contribution in [0.4, 0.5) is 5.69 Å². The molecular formula is C18H21N3O2S2. The summed E-state index contributed by atoms with van der Waals surface area (Å²) in [5.41, 5.74) is 1.19. The number of anilines is 1. The lowest BCUT2D eigenvalue weighted by Gasteiger charge is -2.24. The first-order chi connectivity index (χ1) is 12.0. The van der Waals surface area contributed by atoms with E-state index in [2.05, 4.69) is 12.0 Å². The fraction of sp³-hybridized carbons (Fsp3) is 0.278. The first-order valence-electron chi connectivity index (χ1n) is 8.19. The molecule has 0 unspecified atom stereocenters. The Hall–Kier alpha value is -2.12. The molecule has 2 heterocycles. The minimum absolute atomic E-state index is 0.248. The van der Waals surface area contributed by atoms with Crippen molar-refractivity contribution in [2.75, 3.05) is 10.8 Å². The minimum Gasteiger partial charge on any atom is -0.274 e. The SMILES string of the molecule is CCCCN(c1ccccc1)S(=O)(=O)c1cn(C)nc1-c1cccs1. The van der Waals surface area contributed by atoms with Gasteiger partial charge in [0.05, 0.1) is 10.6 Å². The molecule has 0 amide bonds. The summed E-state index contributed by atoms with van der Waals surface area (Å²) in [7, 11) is -1.96. The highest BCUT2D eigenvalue weighted by Crippen LogP contribution is 2.33. The van der Waals surface area contributed by atoms with Crippen molar-refractivity contribution in [2.24, 2.45) is 7.05 Å². The molecule has 0 atom stereocenters. The molecule has 0 spiro atoms. The van der Waals surface area contributed by atoms with E-state index in [0.717, 1.165) is 17.7 Å². The Labute approximate surface area is 152 Å². The molecule has 0 fully saturated rings. The third-order valence-corrected chi connectivity index (χ3v) is 6.58. The van der Waals surface area contributed by atoms with Crippen molar-refractivity contribution in [3.63, 3.8) is 0 Å². The molecule has 5 nitrogen and oxygen atoms in total. The summed E-state index contributed by atoms with van der Waals surface area (Å²) in [4.78, 5) is 1.10. The Balaban J connectivity index is 2.10. The summed E-state index contributed by atoms with van der Waals surface area (Å²) in [6.07, 6.45) is 3.30. The molecule has 0 radical (unpaired) electrons. The summed E-state index contributed by atoms with van der Waals surface area (Å²) in [6, 6.07) is 13.0. The van der Waals surface area contributed by atoms with Crippen LogP contribution >= 0.6 is 11.3 Å². The number of nitrogens with zero attached hydrogens (tertiary/aromatic N) is 3. The number of benzene rings is 1. The van der Waals surface area contributed by atoms with Gasteiger partial charge in [0.25, 0.3) is 10.0 Å². The van der Waals surface area contributed by atoms with Crippen LogP contribution in [0.15, 0.2) is 58.9 Å². The number of sulfonamides is 1. The monoisotopic (exact) mass is 375 g/mol. The molecule has 2 aromatic heterocycles. The van der Waals surface area contributed by atoms with E-state index in [1.165, 1.54) is 15.6 Å². The third kappa shape index (κ3) is 3.62. The van der Waals surface area contributed by atoms with E-state index in [1.54, 1.807) is 17.9 Å². The molecule has 7 heteroatoms. The highest BCUT2D eigenvalue weighted by atomic mass is 32.2. The van der Waals surface area contributed by atoms with Crippen LogP contribution in [0.2, 0.25) is 0 Å². The van der Waals surface area contributed by atoms with E-state index in [9.17, 15) is 8.42 Å². The summed E-state index contributed by atoms with van der Waals surface area (Å²) >= 11 is 1.49. The standard InChI is InChI=1S/C18H21N3O2S2/c1-3-4-12-21(15-9-6-5-7-10-15)25(22,23)17-14-20(2)19-18(17)16-11-8-13-24-16/h5-11,13-14H,3-4,12H2,1-2H3. The average Bonchev–Trinajstić information content (AvgIpc) is 3.25. The van der Waals surface area contributed by atoms with Crippen LogP contribution in [0.5, 0.6) is 0 Å². The van der Waals surface area contributed by atoms with Crippen molar-refractivity contribution in [1.29, 1.82) is 0 Å². The van der Waals surface area contributed by atoms with E-state index in [1.807, 2.05) is 47.8 Å². The topological polar surface area (TPSA) is 55.2 Å². The lowest BCUT2D eigenvalue weighted by molar-refractivity contribution is 0.589. The molecule has 0 aliphatic rings. The minimum atomic E-state index is -3.71. The normalized spacial score (nSPS) is 11.6. The number of rotatable bonds is 7. The molecule has 25 heavy (non-hydrogen) atoms. The molecular weight excluding hydrogens is 354 g/mol. The molecule has 0 aliphatic heterocycles. The lowest BCUT2D eigenvalue weighted by Crippen LogP contribution is -2.32. The molecule has 1 aromatic carbocycles. The third-order valence-electron chi connectivity index (χ3n) is 3.88. The molecule has 0 N–H and O–H groups in total. The second kappa shape index (κ2) is 7.41. The van der Waals surface area contributed by atoms with Gasteiger partial charge in [-0.3, -0.25) is 8.99 Å².